The van der Waals surface area contributed by atoms with Gasteiger partial charge in [-0.05, 0) is 31.9 Å². The lowest BCUT2D eigenvalue weighted by Crippen LogP contribution is -2.16. The molecule has 0 aliphatic rings. The van der Waals surface area contributed by atoms with Crippen LogP contribution in [0.2, 0.25) is 0 Å². The SMILES string of the molecule is C=CC/C=C\C=C(\NCC)C(=C)CC(=O)OCC. The summed E-state index contributed by atoms with van der Waals surface area (Å²) < 4.78 is 4.90. The molecule has 0 atom stereocenters. The van der Waals surface area contributed by atoms with Crippen molar-refractivity contribution in [2.75, 3.05) is 13.2 Å². The summed E-state index contributed by atoms with van der Waals surface area (Å²) in [6.07, 6.45) is 8.68. The maximum Gasteiger partial charge on any atom is 0.310 e. The molecule has 0 aromatic rings. The largest absolute Gasteiger partial charge is 0.466 e. The summed E-state index contributed by atoms with van der Waals surface area (Å²) in [7, 11) is 0. The predicted octanol–water partition coefficient (Wildman–Crippen LogP) is 3.12. The molecule has 0 heterocycles. The molecule has 18 heavy (non-hydrogen) atoms. The van der Waals surface area contributed by atoms with Gasteiger partial charge in [-0.1, -0.05) is 24.8 Å². The Hall–Kier alpha value is -1.77. The van der Waals surface area contributed by atoms with E-state index in [-0.39, 0.29) is 12.4 Å². The first kappa shape index (κ1) is 16.2. The maximum absolute atomic E-state index is 11.4. The van der Waals surface area contributed by atoms with E-state index >= 15 is 0 Å². The van der Waals surface area contributed by atoms with Gasteiger partial charge in [0.05, 0.1) is 13.0 Å². The number of allylic oxidation sites excluding steroid dienone is 5. The molecule has 0 rings (SSSR count). The monoisotopic (exact) mass is 249 g/mol. The Labute approximate surface area is 110 Å². The van der Waals surface area contributed by atoms with Gasteiger partial charge in [0.1, 0.15) is 0 Å². The first-order valence-electron chi connectivity index (χ1n) is 6.21. The molecular weight excluding hydrogens is 226 g/mol. The van der Waals surface area contributed by atoms with Gasteiger partial charge in [0, 0.05) is 12.2 Å². The van der Waals surface area contributed by atoms with Crippen LogP contribution in [0.25, 0.3) is 0 Å². The summed E-state index contributed by atoms with van der Waals surface area (Å²) in [4.78, 5) is 11.4. The van der Waals surface area contributed by atoms with E-state index < -0.39 is 0 Å². The minimum absolute atomic E-state index is 0.210. The molecule has 0 aromatic carbocycles. The highest BCUT2D eigenvalue weighted by Crippen LogP contribution is 2.10. The standard InChI is InChI=1S/C15H23NO2/c1-5-8-9-10-11-14(16-6-2)13(4)12-15(17)18-7-3/h5,9-11,16H,1,4,6-8,12H2,2-3H3/b10-9-,14-11+. The Balaban J connectivity index is 4.52. The molecule has 3 heteroatoms. The number of carbonyl (C=O) groups is 1. The number of rotatable bonds is 9. The third-order valence-corrected chi connectivity index (χ3v) is 2.11. The van der Waals surface area contributed by atoms with Crippen LogP contribution >= 0.6 is 0 Å². The quantitative estimate of drug-likeness (QED) is 0.387. The molecule has 100 valence electrons. The van der Waals surface area contributed by atoms with Gasteiger partial charge in [-0.3, -0.25) is 4.79 Å². The normalized spacial score (nSPS) is 11.3. The van der Waals surface area contributed by atoms with Crippen molar-refractivity contribution in [3.8, 4) is 0 Å². The molecule has 0 saturated carbocycles. The van der Waals surface area contributed by atoms with Crippen molar-refractivity contribution < 1.29 is 9.53 Å². The summed E-state index contributed by atoms with van der Waals surface area (Å²) in [5.41, 5.74) is 1.60. The Morgan fingerprint density at radius 2 is 2.11 bits per heavy atom. The van der Waals surface area contributed by atoms with Crippen LogP contribution in [-0.2, 0) is 9.53 Å². The molecule has 0 fully saturated rings. The lowest BCUT2D eigenvalue weighted by atomic mass is 10.1. The highest BCUT2D eigenvalue weighted by molar-refractivity contribution is 5.73. The van der Waals surface area contributed by atoms with E-state index in [1.54, 1.807) is 6.92 Å². The fourth-order valence-electron chi connectivity index (χ4n) is 1.31. The van der Waals surface area contributed by atoms with Gasteiger partial charge in [-0.15, -0.1) is 6.58 Å². The zero-order chi connectivity index (χ0) is 13.8. The molecule has 0 bridgehead atoms. The van der Waals surface area contributed by atoms with Crippen LogP contribution in [0.15, 0.2) is 48.7 Å². The molecule has 0 unspecified atom stereocenters. The number of nitrogens with one attached hydrogen (secondary N) is 1. The Bertz CT molecular complexity index is 340. The zero-order valence-corrected chi connectivity index (χ0v) is 11.4. The lowest BCUT2D eigenvalue weighted by molar-refractivity contribution is -0.142. The molecule has 1 N–H and O–H groups in total. The van der Waals surface area contributed by atoms with Crippen LogP contribution < -0.4 is 5.32 Å². The van der Waals surface area contributed by atoms with E-state index in [1.165, 1.54) is 0 Å². The highest BCUT2D eigenvalue weighted by atomic mass is 16.5. The Morgan fingerprint density at radius 1 is 1.39 bits per heavy atom. The van der Waals surface area contributed by atoms with E-state index in [2.05, 4.69) is 18.5 Å². The molecule has 0 aliphatic heterocycles. The third kappa shape index (κ3) is 7.49. The van der Waals surface area contributed by atoms with Crippen LogP contribution in [0.4, 0.5) is 0 Å². The van der Waals surface area contributed by atoms with E-state index in [0.29, 0.717) is 6.61 Å². The summed E-state index contributed by atoms with van der Waals surface area (Å²) in [5, 5.41) is 3.18. The third-order valence-electron chi connectivity index (χ3n) is 2.11. The van der Waals surface area contributed by atoms with Crippen molar-refractivity contribution in [2.24, 2.45) is 0 Å². The Kier molecular flexibility index (Phi) is 9.37. The first-order chi connectivity index (χ1) is 8.65. The van der Waals surface area contributed by atoms with Gasteiger partial charge in [0.2, 0.25) is 0 Å². The summed E-state index contributed by atoms with van der Waals surface area (Å²) in [6.45, 7) is 12.5. The van der Waals surface area contributed by atoms with Crippen LogP contribution in [0.3, 0.4) is 0 Å². The molecule has 0 aliphatic carbocycles. The Morgan fingerprint density at radius 3 is 2.67 bits per heavy atom. The van der Waals surface area contributed by atoms with Crippen molar-refractivity contribution in [3.63, 3.8) is 0 Å². The van der Waals surface area contributed by atoms with Gasteiger partial charge < -0.3 is 10.1 Å². The van der Waals surface area contributed by atoms with E-state index in [0.717, 1.165) is 24.2 Å². The molecular formula is C15H23NO2. The number of hydrogen-bond acceptors (Lipinski definition) is 3. The minimum Gasteiger partial charge on any atom is -0.466 e. The second-order valence-electron chi connectivity index (χ2n) is 3.65. The fraction of sp³-hybridized carbons (Fsp3) is 0.400. The second-order valence-corrected chi connectivity index (χ2v) is 3.65. The van der Waals surface area contributed by atoms with Crippen molar-refractivity contribution in [3.05, 3.63) is 48.7 Å². The lowest BCUT2D eigenvalue weighted by Gasteiger charge is -2.11. The van der Waals surface area contributed by atoms with Crippen LogP contribution in [0.1, 0.15) is 26.7 Å². The van der Waals surface area contributed by atoms with Gasteiger partial charge in [0.15, 0.2) is 0 Å². The van der Waals surface area contributed by atoms with Crippen LogP contribution in [0, 0.1) is 0 Å². The molecule has 0 saturated heterocycles. The maximum atomic E-state index is 11.4. The number of likely N-dealkylation sites (N-methyl/N-ethyl adjacent to an activating group) is 1. The number of carbonyl (C=O) groups excluding carboxylic acids is 1. The van der Waals surface area contributed by atoms with Gasteiger partial charge in [0.25, 0.3) is 0 Å². The van der Waals surface area contributed by atoms with Crippen LogP contribution in [-0.4, -0.2) is 19.1 Å². The van der Waals surface area contributed by atoms with Gasteiger partial charge in [-0.25, -0.2) is 0 Å². The van der Waals surface area contributed by atoms with Gasteiger partial charge in [-0.2, -0.15) is 0 Å². The van der Waals surface area contributed by atoms with Crippen molar-refractivity contribution in [1.29, 1.82) is 0 Å². The van der Waals surface area contributed by atoms with E-state index in [1.807, 2.05) is 31.2 Å². The fourth-order valence-corrected chi connectivity index (χ4v) is 1.31. The summed E-state index contributed by atoms with van der Waals surface area (Å²) in [5.74, 6) is -0.249. The zero-order valence-electron chi connectivity index (χ0n) is 11.4. The average molecular weight is 249 g/mol. The topological polar surface area (TPSA) is 38.3 Å². The van der Waals surface area contributed by atoms with Crippen molar-refractivity contribution >= 4 is 5.97 Å². The molecule has 3 nitrogen and oxygen atoms in total. The van der Waals surface area contributed by atoms with Crippen LogP contribution in [0.5, 0.6) is 0 Å². The molecule has 0 radical (unpaired) electrons. The summed E-state index contributed by atoms with van der Waals surface area (Å²) in [6, 6.07) is 0. The van der Waals surface area contributed by atoms with E-state index in [4.69, 9.17) is 4.74 Å². The first-order valence-corrected chi connectivity index (χ1v) is 6.21. The molecule has 0 spiro atoms. The van der Waals surface area contributed by atoms with Crippen molar-refractivity contribution in [1.82, 2.24) is 5.32 Å². The van der Waals surface area contributed by atoms with E-state index in [9.17, 15) is 4.79 Å². The number of hydrogen-bond donors (Lipinski definition) is 1. The number of ether oxygens (including phenoxy) is 1. The average Bonchev–Trinajstić information content (AvgIpc) is 2.33. The predicted molar refractivity (Wildman–Crippen MR) is 76.1 cm³/mol. The van der Waals surface area contributed by atoms with Crippen molar-refractivity contribution in [2.45, 2.75) is 26.7 Å². The second kappa shape index (κ2) is 10.4. The number of esters is 1. The highest BCUT2D eigenvalue weighted by Gasteiger charge is 2.08. The smallest absolute Gasteiger partial charge is 0.310 e. The summed E-state index contributed by atoms with van der Waals surface area (Å²) >= 11 is 0. The molecule has 0 amide bonds. The molecule has 0 aromatic heterocycles. The minimum atomic E-state index is -0.249. The van der Waals surface area contributed by atoms with Gasteiger partial charge >= 0.3 is 5.97 Å².